The van der Waals surface area contributed by atoms with Crippen molar-refractivity contribution in [3.63, 3.8) is 0 Å². The Morgan fingerprint density at radius 1 is 1.29 bits per heavy atom. The van der Waals surface area contributed by atoms with Crippen molar-refractivity contribution in [1.29, 1.82) is 0 Å². The lowest BCUT2D eigenvalue weighted by Gasteiger charge is -2.46. The average Bonchev–Trinajstić information content (AvgIpc) is 3.20. The van der Waals surface area contributed by atoms with Crippen LogP contribution in [-0.2, 0) is 16.0 Å². The summed E-state index contributed by atoms with van der Waals surface area (Å²) in [6.45, 7) is 3.92. The van der Waals surface area contributed by atoms with Crippen LogP contribution in [0.2, 0.25) is 0 Å². The Kier molecular flexibility index (Phi) is 3.87. The number of hydrogen-bond acceptors (Lipinski definition) is 4. The standard InChI is InChI=1S/C21H25FN2O4/c1-20(9-13-8-16(22)2-3-17(13)28-20)15-4-6-24(7-5-15)18(25)14-10-21(11-14)12-27-19(26)23-21/h2-3,8,14-15H,4-7,9-12H2,1H3,(H,23,26)/t14-,20?,21+. The molecular weight excluding hydrogens is 363 g/mol. The molecule has 2 saturated heterocycles. The smallest absolute Gasteiger partial charge is 0.407 e. The number of fused-ring (bicyclic) bond motifs is 1. The lowest BCUT2D eigenvalue weighted by Crippen LogP contribution is -2.59. The first-order valence-electron chi connectivity index (χ1n) is 10.1. The van der Waals surface area contributed by atoms with Gasteiger partial charge < -0.3 is 19.7 Å². The van der Waals surface area contributed by atoms with E-state index >= 15 is 0 Å². The monoisotopic (exact) mass is 388 g/mol. The fourth-order valence-corrected chi connectivity index (χ4v) is 5.42. The van der Waals surface area contributed by atoms with E-state index in [1.54, 1.807) is 12.1 Å². The first-order valence-corrected chi connectivity index (χ1v) is 10.1. The molecule has 0 aromatic heterocycles. The Bertz CT molecular complexity index is 830. The molecule has 4 aliphatic rings. The summed E-state index contributed by atoms with van der Waals surface area (Å²) in [5.74, 6) is 1.05. The minimum Gasteiger partial charge on any atom is -0.487 e. The number of ether oxygens (including phenoxy) is 2. The molecule has 3 aliphatic heterocycles. The van der Waals surface area contributed by atoms with Crippen LogP contribution in [0.25, 0.3) is 0 Å². The van der Waals surface area contributed by atoms with Crippen LogP contribution in [0.5, 0.6) is 5.75 Å². The molecule has 3 heterocycles. The van der Waals surface area contributed by atoms with Gasteiger partial charge in [0.1, 0.15) is 23.8 Å². The molecule has 1 aromatic carbocycles. The number of halogens is 1. The maximum atomic E-state index is 13.5. The summed E-state index contributed by atoms with van der Waals surface area (Å²) in [4.78, 5) is 26.0. The largest absolute Gasteiger partial charge is 0.487 e. The summed E-state index contributed by atoms with van der Waals surface area (Å²) in [7, 11) is 0. The third-order valence-corrected chi connectivity index (χ3v) is 7.05. The minimum absolute atomic E-state index is 0.0240. The molecule has 6 nitrogen and oxygen atoms in total. The Hall–Kier alpha value is -2.31. The molecule has 1 N–H and O–H groups in total. The van der Waals surface area contributed by atoms with E-state index in [9.17, 15) is 14.0 Å². The van der Waals surface area contributed by atoms with E-state index in [-0.39, 0.29) is 34.9 Å². The van der Waals surface area contributed by atoms with Crippen molar-refractivity contribution >= 4 is 12.0 Å². The molecule has 1 spiro atoms. The zero-order chi connectivity index (χ0) is 19.5. The Balaban J connectivity index is 1.16. The highest BCUT2D eigenvalue weighted by molar-refractivity contribution is 5.81. The van der Waals surface area contributed by atoms with Gasteiger partial charge in [-0.3, -0.25) is 4.79 Å². The molecule has 1 aliphatic carbocycles. The predicted molar refractivity (Wildman–Crippen MR) is 98.4 cm³/mol. The van der Waals surface area contributed by atoms with E-state index in [4.69, 9.17) is 9.47 Å². The second kappa shape index (κ2) is 6.09. The number of likely N-dealkylation sites (tertiary alicyclic amines) is 1. The van der Waals surface area contributed by atoms with Gasteiger partial charge in [-0.25, -0.2) is 9.18 Å². The van der Waals surface area contributed by atoms with Crippen molar-refractivity contribution < 1.29 is 23.5 Å². The first kappa shape index (κ1) is 17.8. The van der Waals surface area contributed by atoms with Crippen molar-refractivity contribution in [1.82, 2.24) is 10.2 Å². The zero-order valence-corrected chi connectivity index (χ0v) is 16.0. The van der Waals surface area contributed by atoms with Crippen molar-refractivity contribution in [2.45, 2.75) is 50.2 Å². The number of nitrogens with zero attached hydrogens (tertiary/aromatic N) is 1. The number of piperidine rings is 1. The van der Waals surface area contributed by atoms with Crippen LogP contribution >= 0.6 is 0 Å². The summed E-state index contributed by atoms with van der Waals surface area (Å²) in [6.07, 6.45) is 3.44. The minimum atomic E-state index is -0.377. The number of hydrogen-bond donors (Lipinski definition) is 1. The van der Waals surface area contributed by atoms with Gasteiger partial charge in [0, 0.05) is 36.9 Å². The van der Waals surface area contributed by atoms with Crippen molar-refractivity contribution in [3.05, 3.63) is 29.6 Å². The summed E-state index contributed by atoms with van der Waals surface area (Å²) < 4.78 is 24.7. The van der Waals surface area contributed by atoms with Gasteiger partial charge in [0.25, 0.3) is 0 Å². The van der Waals surface area contributed by atoms with Crippen LogP contribution in [0.3, 0.4) is 0 Å². The topological polar surface area (TPSA) is 67.9 Å². The molecule has 1 saturated carbocycles. The molecular formula is C21H25FN2O4. The Labute approximate surface area is 163 Å². The lowest BCUT2D eigenvalue weighted by atomic mass is 9.68. The van der Waals surface area contributed by atoms with Crippen LogP contribution in [0.15, 0.2) is 18.2 Å². The van der Waals surface area contributed by atoms with Crippen LogP contribution in [-0.4, -0.2) is 47.7 Å². The molecule has 28 heavy (non-hydrogen) atoms. The summed E-state index contributed by atoms with van der Waals surface area (Å²) in [5, 5.41) is 2.84. The van der Waals surface area contributed by atoms with E-state index in [2.05, 4.69) is 12.2 Å². The van der Waals surface area contributed by atoms with Gasteiger partial charge in [0.05, 0.1) is 5.54 Å². The Morgan fingerprint density at radius 3 is 2.71 bits per heavy atom. The highest BCUT2D eigenvalue weighted by atomic mass is 19.1. The molecule has 2 amide bonds. The Morgan fingerprint density at radius 2 is 2.04 bits per heavy atom. The average molecular weight is 388 g/mol. The highest BCUT2D eigenvalue weighted by Crippen LogP contribution is 2.44. The maximum Gasteiger partial charge on any atom is 0.407 e. The van der Waals surface area contributed by atoms with Gasteiger partial charge in [-0.2, -0.15) is 0 Å². The molecule has 0 bridgehead atoms. The maximum absolute atomic E-state index is 13.5. The molecule has 1 unspecified atom stereocenters. The third kappa shape index (κ3) is 2.83. The van der Waals surface area contributed by atoms with E-state index in [1.165, 1.54) is 6.07 Å². The second-order valence-corrected chi connectivity index (χ2v) is 9.03. The van der Waals surface area contributed by atoms with E-state index < -0.39 is 0 Å². The SMILES string of the molecule is CC1(C2CCN(C(=O)[C@H]3C[C@]4(COC(=O)N4)C3)CC2)Cc2cc(F)ccc2O1. The second-order valence-electron chi connectivity index (χ2n) is 9.03. The molecule has 1 atom stereocenters. The first-order chi connectivity index (χ1) is 13.4. The molecule has 7 heteroatoms. The number of alkyl carbamates (subject to hydrolysis) is 1. The van der Waals surface area contributed by atoms with Gasteiger partial charge in [-0.05, 0) is 50.8 Å². The normalized spacial score (nSPS) is 34.4. The van der Waals surface area contributed by atoms with Crippen molar-refractivity contribution in [2.24, 2.45) is 11.8 Å². The van der Waals surface area contributed by atoms with Gasteiger partial charge in [0.15, 0.2) is 0 Å². The number of carbonyl (C=O) groups is 2. The van der Waals surface area contributed by atoms with Gasteiger partial charge in [-0.15, -0.1) is 0 Å². The molecule has 150 valence electrons. The molecule has 3 fully saturated rings. The lowest BCUT2D eigenvalue weighted by molar-refractivity contribution is -0.143. The molecule has 0 radical (unpaired) electrons. The van der Waals surface area contributed by atoms with Crippen molar-refractivity contribution in [3.8, 4) is 5.75 Å². The van der Waals surface area contributed by atoms with Crippen molar-refractivity contribution in [2.75, 3.05) is 19.7 Å². The molecule has 1 aromatic rings. The highest BCUT2D eigenvalue weighted by Gasteiger charge is 2.54. The van der Waals surface area contributed by atoms with E-state index in [0.29, 0.717) is 31.8 Å². The number of amides is 2. The predicted octanol–water partition coefficient (Wildman–Crippen LogP) is 2.65. The number of carbonyl (C=O) groups excluding carboxylic acids is 2. The summed E-state index contributed by atoms with van der Waals surface area (Å²) in [5.41, 5.74) is 0.278. The number of benzene rings is 1. The van der Waals surface area contributed by atoms with Gasteiger partial charge in [0.2, 0.25) is 5.91 Å². The van der Waals surface area contributed by atoms with Gasteiger partial charge >= 0.3 is 6.09 Å². The zero-order valence-electron chi connectivity index (χ0n) is 16.0. The number of nitrogens with one attached hydrogen (secondary N) is 1. The van der Waals surface area contributed by atoms with Crippen LogP contribution in [0.4, 0.5) is 9.18 Å². The fraction of sp³-hybridized carbons (Fsp3) is 0.619. The van der Waals surface area contributed by atoms with Crippen LogP contribution < -0.4 is 10.1 Å². The summed E-state index contributed by atoms with van der Waals surface area (Å²) in [6, 6.07) is 4.72. The van der Waals surface area contributed by atoms with Gasteiger partial charge in [-0.1, -0.05) is 0 Å². The summed E-state index contributed by atoms with van der Waals surface area (Å²) >= 11 is 0. The molecule has 5 rings (SSSR count). The third-order valence-electron chi connectivity index (χ3n) is 7.05. The van der Waals surface area contributed by atoms with E-state index in [1.807, 2.05) is 4.90 Å². The van der Waals surface area contributed by atoms with Crippen LogP contribution in [0, 0.1) is 17.7 Å². The quantitative estimate of drug-likeness (QED) is 0.846. The van der Waals surface area contributed by atoms with E-state index in [0.717, 1.165) is 37.2 Å². The van der Waals surface area contributed by atoms with Crippen LogP contribution in [0.1, 0.15) is 38.2 Å². The number of rotatable bonds is 2. The number of cyclic esters (lactones) is 1. The fourth-order valence-electron chi connectivity index (χ4n) is 5.42.